The minimum atomic E-state index is -0.359. The molecule has 1 rings (SSSR count). The summed E-state index contributed by atoms with van der Waals surface area (Å²) in [6.07, 6.45) is 5.71. The molecule has 1 unspecified atom stereocenters. The van der Waals surface area contributed by atoms with Crippen molar-refractivity contribution in [3.63, 3.8) is 0 Å². The molecular weight excluding hydrogens is 250 g/mol. The fourth-order valence-corrected chi connectivity index (χ4v) is 2.60. The smallest absolute Gasteiger partial charge is 0.233 e. The Morgan fingerprint density at radius 3 is 2.56 bits per heavy atom. The molecule has 6 N–H and O–H groups in total. The number of rotatable bonds is 3. The Morgan fingerprint density at radius 2 is 2.00 bits per heavy atom. The number of carbonyl (C=O) groups is 1. The number of aliphatic imine (C=N–C) groups is 1. The Bertz CT molecular complexity index is 334. The third-order valence-electron chi connectivity index (χ3n) is 2.84. The predicted molar refractivity (Wildman–Crippen MR) is 75.6 cm³/mol. The molecule has 0 radical (unpaired) electrons. The van der Waals surface area contributed by atoms with E-state index in [1.165, 1.54) is 19.3 Å². The van der Waals surface area contributed by atoms with Gasteiger partial charge in [-0.05, 0) is 19.8 Å². The third-order valence-corrected chi connectivity index (χ3v) is 3.72. The molecule has 0 spiro atoms. The molecule has 7 heteroatoms. The largest absolute Gasteiger partial charge is 0.370 e. The van der Waals surface area contributed by atoms with Crippen LogP contribution in [0.5, 0.6) is 0 Å². The van der Waals surface area contributed by atoms with E-state index in [2.05, 4.69) is 10.3 Å². The van der Waals surface area contributed by atoms with Gasteiger partial charge in [-0.2, -0.15) is 4.99 Å². The van der Waals surface area contributed by atoms with Gasteiger partial charge in [-0.15, -0.1) is 0 Å². The van der Waals surface area contributed by atoms with Crippen LogP contribution in [-0.2, 0) is 4.79 Å². The zero-order valence-corrected chi connectivity index (χ0v) is 11.4. The zero-order chi connectivity index (χ0) is 13.5. The van der Waals surface area contributed by atoms with E-state index in [1.807, 2.05) is 0 Å². The van der Waals surface area contributed by atoms with Crippen LogP contribution in [0.15, 0.2) is 4.99 Å². The lowest BCUT2D eigenvalue weighted by Crippen LogP contribution is -2.40. The van der Waals surface area contributed by atoms with Crippen molar-refractivity contribution in [2.45, 2.75) is 50.3 Å². The number of carbonyl (C=O) groups excluding carboxylic acids is 1. The highest BCUT2D eigenvalue weighted by Crippen LogP contribution is 2.19. The SMILES string of the molecule is CC(SC(=N)N=C(N)N)C(=O)NC1CCCCC1. The van der Waals surface area contributed by atoms with E-state index in [0.717, 1.165) is 24.6 Å². The summed E-state index contributed by atoms with van der Waals surface area (Å²) in [5.41, 5.74) is 10.3. The lowest BCUT2D eigenvalue weighted by Gasteiger charge is -2.24. The van der Waals surface area contributed by atoms with E-state index in [-0.39, 0.29) is 28.3 Å². The van der Waals surface area contributed by atoms with Gasteiger partial charge in [0, 0.05) is 6.04 Å². The van der Waals surface area contributed by atoms with E-state index in [0.29, 0.717) is 0 Å². The molecule has 18 heavy (non-hydrogen) atoms. The molecule has 0 bridgehead atoms. The van der Waals surface area contributed by atoms with Crippen LogP contribution >= 0.6 is 11.8 Å². The van der Waals surface area contributed by atoms with E-state index in [1.54, 1.807) is 6.92 Å². The molecule has 0 heterocycles. The molecule has 1 atom stereocenters. The summed E-state index contributed by atoms with van der Waals surface area (Å²) in [5.74, 6) is -0.213. The summed E-state index contributed by atoms with van der Waals surface area (Å²) in [5, 5.41) is 10.1. The maximum atomic E-state index is 11.9. The van der Waals surface area contributed by atoms with Crippen molar-refractivity contribution in [2.24, 2.45) is 16.5 Å². The fraction of sp³-hybridized carbons (Fsp3) is 0.727. The van der Waals surface area contributed by atoms with Crippen LogP contribution in [0.4, 0.5) is 0 Å². The van der Waals surface area contributed by atoms with Gasteiger partial charge < -0.3 is 16.8 Å². The van der Waals surface area contributed by atoms with Crippen molar-refractivity contribution in [1.82, 2.24) is 5.32 Å². The van der Waals surface area contributed by atoms with E-state index < -0.39 is 0 Å². The Labute approximate surface area is 111 Å². The van der Waals surface area contributed by atoms with Crippen molar-refractivity contribution >= 4 is 28.8 Å². The molecule has 1 fully saturated rings. The molecular formula is C11H21N5OS. The number of hydrogen-bond donors (Lipinski definition) is 4. The summed E-state index contributed by atoms with van der Waals surface area (Å²) >= 11 is 1.05. The number of hydrogen-bond acceptors (Lipinski definition) is 3. The number of amides is 1. The van der Waals surface area contributed by atoms with Crippen molar-refractivity contribution in [3.8, 4) is 0 Å². The first-order valence-corrected chi connectivity index (χ1v) is 7.02. The highest BCUT2D eigenvalue weighted by Gasteiger charge is 2.20. The van der Waals surface area contributed by atoms with Crippen LogP contribution < -0.4 is 16.8 Å². The predicted octanol–water partition coefficient (Wildman–Crippen LogP) is 0.765. The molecule has 1 amide bonds. The van der Waals surface area contributed by atoms with Crippen molar-refractivity contribution in [1.29, 1.82) is 5.41 Å². The van der Waals surface area contributed by atoms with Crippen LogP contribution in [0.3, 0.4) is 0 Å². The minimum absolute atomic E-state index is 0.0405. The standard InChI is InChI=1S/C11H21N5OS/c1-7(18-11(14)16-10(12)13)9(17)15-8-5-3-2-4-6-8/h7-8H,2-6H2,1H3,(H,15,17)(H5,12,13,14,16). The van der Waals surface area contributed by atoms with E-state index in [9.17, 15) is 4.79 Å². The molecule has 0 aromatic heterocycles. The topological polar surface area (TPSA) is 117 Å². The van der Waals surface area contributed by atoms with Gasteiger partial charge in [-0.1, -0.05) is 31.0 Å². The lowest BCUT2D eigenvalue weighted by molar-refractivity contribution is -0.121. The monoisotopic (exact) mass is 271 g/mol. The fourth-order valence-electron chi connectivity index (χ4n) is 1.93. The molecule has 0 aromatic rings. The van der Waals surface area contributed by atoms with Gasteiger partial charge >= 0.3 is 0 Å². The quantitative estimate of drug-likeness (QED) is 0.448. The first-order valence-electron chi connectivity index (χ1n) is 6.14. The molecule has 1 aliphatic rings. The number of nitrogens with one attached hydrogen (secondary N) is 2. The number of nitrogens with zero attached hydrogens (tertiary/aromatic N) is 1. The van der Waals surface area contributed by atoms with Crippen LogP contribution in [0, 0.1) is 5.41 Å². The highest BCUT2D eigenvalue weighted by molar-refractivity contribution is 8.14. The van der Waals surface area contributed by atoms with Gasteiger partial charge in [0.05, 0.1) is 5.25 Å². The highest BCUT2D eigenvalue weighted by atomic mass is 32.2. The molecule has 102 valence electrons. The average Bonchev–Trinajstić information content (AvgIpc) is 2.28. The number of nitrogens with two attached hydrogens (primary N) is 2. The lowest BCUT2D eigenvalue weighted by atomic mass is 9.95. The van der Waals surface area contributed by atoms with Crippen LogP contribution in [0.25, 0.3) is 0 Å². The van der Waals surface area contributed by atoms with Gasteiger partial charge in [0.25, 0.3) is 0 Å². The van der Waals surface area contributed by atoms with Gasteiger partial charge in [0.1, 0.15) is 0 Å². The van der Waals surface area contributed by atoms with E-state index in [4.69, 9.17) is 16.9 Å². The maximum absolute atomic E-state index is 11.9. The Kier molecular flexibility index (Phi) is 5.97. The Balaban J connectivity index is 2.36. The molecule has 6 nitrogen and oxygen atoms in total. The molecule has 0 aliphatic heterocycles. The summed E-state index contributed by atoms with van der Waals surface area (Å²) < 4.78 is 0. The second-order valence-corrected chi connectivity index (χ2v) is 5.77. The average molecular weight is 271 g/mol. The first kappa shape index (κ1) is 14.8. The second-order valence-electron chi connectivity index (χ2n) is 4.45. The molecule has 1 aliphatic carbocycles. The van der Waals surface area contributed by atoms with Crippen LogP contribution in [0.2, 0.25) is 0 Å². The minimum Gasteiger partial charge on any atom is -0.370 e. The first-order chi connectivity index (χ1) is 8.49. The van der Waals surface area contributed by atoms with E-state index >= 15 is 0 Å². The third kappa shape index (κ3) is 5.39. The molecule has 0 aromatic carbocycles. The van der Waals surface area contributed by atoms with Crippen molar-refractivity contribution < 1.29 is 4.79 Å². The van der Waals surface area contributed by atoms with Gasteiger partial charge in [0.2, 0.25) is 5.91 Å². The summed E-state index contributed by atoms with van der Waals surface area (Å²) in [4.78, 5) is 15.5. The molecule has 0 saturated heterocycles. The number of guanidine groups is 1. The van der Waals surface area contributed by atoms with Crippen molar-refractivity contribution in [3.05, 3.63) is 0 Å². The summed E-state index contributed by atoms with van der Waals surface area (Å²) in [7, 11) is 0. The maximum Gasteiger partial charge on any atom is 0.233 e. The Hall–Kier alpha value is -1.24. The van der Waals surface area contributed by atoms with Crippen LogP contribution in [0.1, 0.15) is 39.0 Å². The molecule has 1 saturated carbocycles. The number of thioether (sulfide) groups is 1. The van der Waals surface area contributed by atoms with Gasteiger partial charge in [-0.3, -0.25) is 10.2 Å². The normalized spacial score (nSPS) is 17.8. The van der Waals surface area contributed by atoms with Crippen LogP contribution in [-0.4, -0.2) is 28.3 Å². The number of amidine groups is 1. The van der Waals surface area contributed by atoms with Crippen molar-refractivity contribution in [2.75, 3.05) is 0 Å². The van der Waals surface area contributed by atoms with Gasteiger partial charge in [0.15, 0.2) is 11.1 Å². The summed E-state index contributed by atoms with van der Waals surface area (Å²) in [6.45, 7) is 1.75. The summed E-state index contributed by atoms with van der Waals surface area (Å²) in [6, 6.07) is 0.284. The Morgan fingerprint density at radius 1 is 1.39 bits per heavy atom. The van der Waals surface area contributed by atoms with Gasteiger partial charge in [-0.25, -0.2) is 0 Å². The second kappa shape index (κ2) is 7.25. The zero-order valence-electron chi connectivity index (χ0n) is 10.6.